The zero-order valence-electron chi connectivity index (χ0n) is 9.42. The van der Waals surface area contributed by atoms with Crippen LogP contribution in [0.25, 0.3) is 0 Å². The van der Waals surface area contributed by atoms with Gasteiger partial charge in [0.15, 0.2) is 0 Å². The molecule has 0 atom stereocenters. The average molecular weight is 291 g/mol. The molecule has 1 aromatic heterocycles. The molecule has 0 saturated carbocycles. The molecule has 0 bridgehead atoms. The van der Waals surface area contributed by atoms with E-state index < -0.39 is 0 Å². The van der Waals surface area contributed by atoms with Crippen LogP contribution in [0.15, 0.2) is 15.9 Å². The lowest BCUT2D eigenvalue weighted by molar-refractivity contribution is 0.270. The summed E-state index contributed by atoms with van der Waals surface area (Å²) in [6.07, 6.45) is 1.22. The molecule has 0 aliphatic carbocycles. The smallest absolute Gasteiger partial charge is 0.0701 e. The fourth-order valence-corrected chi connectivity index (χ4v) is 3.04. The second kappa shape index (κ2) is 7.39. The molecule has 1 N–H and O–H groups in total. The second-order valence-corrected chi connectivity index (χ2v) is 6.13. The maximum absolute atomic E-state index is 3.50. The first-order valence-corrected chi connectivity index (χ1v) is 6.98. The third kappa shape index (κ3) is 5.11. The molecule has 4 heteroatoms. The van der Waals surface area contributed by atoms with Crippen LogP contribution in [0.2, 0.25) is 0 Å². The van der Waals surface area contributed by atoms with Crippen molar-refractivity contribution in [2.45, 2.75) is 19.9 Å². The van der Waals surface area contributed by atoms with Crippen LogP contribution in [0, 0.1) is 0 Å². The van der Waals surface area contributed by atoms with E-state index in [1.54, 1.807) is 0 Å². The Morgan fingerprint density at radius 2 is 2.20 bits per heavy atom. The molecule has 1 heterocycles. The monoisotopic (exact) mass is 290 g/mol. The molecule has 0 aliphatic heterocycles. The van der Waals surface area contributed by atoms with E-state index in [4.69, 9.17) is 0 Å². The van der Waals surface area contributed by atoms with Crippen molar-refractivity contribution in [3.05, 3.63) is 20.8 Å². The third-order valence-electron chi connectivity index (χ3n) is 2.23. The molecule has 1 rings (SSSR count). The zero-order valence-corrected chi connectivity index (χ0v) is 11.8. The van der Waals surface area contributed by atoms with Crippen molar-refractivity contribution < 1.29 is 0 Å². The Balaban J connectivity index is 2.42. The van der Waals surface area contributed by atoms with E-state index in [1.807, 2.05) is 18.4 Å². The minimum Gasteiger partial charge on any atom is -0.318 e. The van der Waals surface area contributed by atoms with Gasteiger partial charge in [0.25, 0.3) is 0 Å². The summed E-state index contributed by atoms with van der Waals surface area (Å²) in [4.78, 5) is 3.93. The van der Waals surface area contributed by atoms with E-state index in [0.29, 0.717) is 0 Å². The van der Waals surface area contributed by atoms with Crippen molar-refractivity contribution in [1.29, 1.82) is 0 Å². The van der Waals surface area contributed by atoms with Crippen LogP contribution in [0.3, 0.4) is 0 Å². The quantitative estimate of drug-likeness (QED) is 0.831. The molecular formula is C11H19BrN2S. The van der Waals surface area contributed by atoms with Gasteiger partial charge in [-0.05, 0) is 48.1 Å². The summed E-state index contributed by atoms with van der Waals surface area (Å²) in [5.74, 6) is 0. The minimum absolute atomic E-state index is 1.06. The van der Waals surface area contributed by atoms with Gasteiger partial charge in [0.1, 0.15) is 0 Å². The van der Waals surface area contributed by atoms with Crippen LogP contribution < -0.4 is 5.32 Å². The van der Waals surface area contributed by atoms with E-state index in [9.17, 15) is 0 Å². The number of hydrogen-bond acceptors (Lipinski definition) is 3. The Bertz CT molecular complexity index is 275. The molecule has 15 heavy (non-hydrogen) atoms. The van der Waals surface area contributed by atoms with Gasteiger partial charge < -0.3 is 5.32 Å². The highest BCUT2D eigenvalue weighted by Gasteiger charge is 2.05. The van der Waals surface area contributed by atoms with Gasteiger partial charge >= 0.3 is 0 Å². The number of nitrogens with one attached hydrogen (secondary N) is 1. The Labute approximate surface area is 105 Å². The number of halogens is 1. The maximum atomic E-state index is 3.50. The number of thiophene rings is 1. The molecule has 0 spiro atoms. The molecule has 0 saturated heterocycles. The van der Waals surface area contributed by atoms with Gasteiger partial charge in [-0.2, -0.15) is 0 Å². The van der Waals surface area contributed by atoms with E-state index in [2.05, 4.69) is 45.2 Å². The van der Waals surface area contributed by atoms with E-state index in [-0.39, 0.29) is 0 Å². The standard InChI is InChI=1S/C11H19BrN2S/c1-3-7-14(8-6-13-2)9-10-4-5-11(12)15-10/h4-5,13H,3,6-9H2,1-2H3. The normalized spacial score (nSPS) is 11.2. The van der Waals surface area contributed by atoms with Gasteiger partial charge in [-0.15, -0.1) is 11.3 Å². The molecule has 0 aliphatic rings. The predicted octanol–water partition coefficient (Wildman–Crippen LogP) is 2.94. The average Bonchev–Trinajstić information content (AvgIpc) is 2.61. The maximum Gasteiger partial charge on any atom is 0.0701 e. The SMILES string of the molecule is CCCN(CCNC)Cc1ccc(Br)s1. The Morgan fingerprint density at radius 3 is 2.73 bits per heavy atom. The fourth-order valence-electron chi connectivity index (χ4n) is 1.51. The summed E-state index contributed by atoms with van der Waals surface area (Å²) in [7, 11) is 2.01. The van der Waals surface area contributed by atoms with Crippen LogP contribution in [0.4, 0.5) is 0 Å². The first-order valence-electron chi connectivity index (χ1n) is 5.37. The molecular weight excluding hydrogens is 272 g/mol. The molecule has 0 fully saturated rings. The van der Waals surface area contributed by atoms with Crippen LogP contribution >= 0.6 is 27.3 Å². The molecule has 86 valence electrons. The van der Waals surface area contributed by atoms with Crippen molar-refractivity contribution in [1.82, 2.24) is 10.2 Å². The van der Waals surface area contributed by atoms with E-state index in [0.717, 1.165) is 19.6 Å². The highest BCUT2D eigenvalue weighted by atomic mass is 79.9. The molecule has 0 unspecified atom stereocenters. The number of rotatable bonds is 7. The van der Waals surface area contributed by atoms with E-state index in [1.165, 1.54) is 21.6 Å². The summed E-state index contributed by atoms with van der Waals surface area (Å²) in [6.45, 7) is 6.67. The van der Waals surface area contributed by atoms with Crippen molar-refractivity contribution in [3.8, 4) is 0 Å². The molecule has 1 aromatic rings. The minimum atomic E-state index is 1.06. The van der Waals surface area contributed by atoms with Gasteiger partial charge in [-0.3, -0.25) is 4.90 Å². The first kappa shape index (κ1) is 13.2. The van der Waals surface area contributed by atoms with Gasteiger partial charge in [-0.1, -0.05) is 6.92 Å². The Hall–Kier alpha value is 0.1000. The van der Waals surface area contributed by atoms with Crippen molar-refractivity contribution in [2.24, 2.45) is 0 Å². The fraction of sp³-hybridized carbons (Fsp3) is 0.636. The van der Waals surface area contributed by atoms with Crippen LogP contribution in [0.1, 0.15) is 18.2 Å². The molecule has 2 nitrogen and oxygen atoms in total. The summed E-state index contributed by atoms with van der Waals surface area (Å²) >= 11 is 5.33. The van der Waals surface area contributed by atoms with Crippen LogP contribution in [-0.2, 0) is 6.54 Å². The van der Waals surface area contributed by atoms with Crippen LogP contribution in [0.5, 0.6) is 0 Å². The summed E-state index contributed by atoms with van der Waals surface area (Å²) in [6, 6.07) is 4.33. The lowest BCUT2D eigenvalue weighted by atomic mass is 10.3. The second-order valence-electron chi connectivity index (χ2n) is 3.59. The lowest BCUT2D eigenvalue weighted by Crippen LogP contribution is -2.30. The van der Waals surface area contributed by atoms with Gasteiger partial charge in [-0.25, -0.2) is 0 Å². The zero-order chi connectivity index (χ0) is 11.1. The topological polar surface area (TPSA) is 15.3 Å². The molecule has 0 amide bonds. The van der Waals surface area contributed by atoms with E-state index >= 15 is 0 Å². The number of hydrogen-bond donors (Lipinski definition) is 1. The summed E-state index contributed by atoms with van der Waals surface area (Å²) in [5, 5.41) is 3.20. The van der Waals surface area contributed by atoms with Crippen LogP contribution in [-0.4, -0.2) is 31.6 Å². The van der Waals surface area contributed by atoms with Gasteiger partial charge in [0, 0.05) is 24.5 Å². The van der Waals surface area contributed by atoms with Crippen molar-refractivity contribution >= 4 is 27.3 Å². The highest BCUT2D eigenvalue weighted by molar-refractivity contribution is 9.11. The molecule has 0 aromatic carbocycles. The first-order chi connectivity index (χ1) is 7.26. The summed E-state index contributed by atoms with van der Waals surface area (Å²) in [5.41, 5.74) is 0. The summed E-state index contributed by atoms with van der Waals surface area (Å²) < 4.78 is 1.22. The highest BCUT2D eigenvalue weighted by Crippen LogP contribution is 2.23. The van der Waals surface area contributed by atoms with Crippen molar-refractivity contribution in [2.75, 3.05) is 26.7 Å². The lowest BCUT2D eigenvalue weighted by Gasteiger charge is -2.20. The van der Waals surface area contributed by atoms with Gasteiger partial charge in [0.2, 0.25) is 0 Å². The Morgan fingerprint density at radius 1 is 1.40 bits per heavy atom. The third-order valence-corrected chi connectivity index (χ3v) is 3.83. The van der Waals surface area contributed by atoms with Crippen molar-refractivity contribution in [3.63, 3.8) is 0 Å². The predicted molar refractivity (Wildman–Crippen MR) is 71.5 cm³/mol. The van der Waals surface area contributed by atoms with Gasteiger partial charge in [0.05, 0.1) is 3.79 Å². The number of likely N-dealkylation sites (N-methyl/N-ethyl adjacent to an activating group) is 1. The largest absolute Gasteiger partial charge is 0.318 e. The Kier molecular flexibility index (Phi) is 6.48. The molecule has 0 radical (unpaired) electrons. The number of nitrogens with zero attached hydrogens (tertiary/aromatic N) is 1.